The number of aryl methyl sites for hydroxylation is 1. The Hall–Kier alpha value is -1.20. The summed E-state index contributed by atoms with van der Waals surface area (Å²) in [6.45, 7) is 7.54. The highest BCUT2D eigenvalue weighted by Crippen LogP contribution is 2.21. The zero-order valence-corrected chi connectivity index (χ0v) is 14.0. The van der Waals surface area contributed by atoms with E-state index < -0.39 is 0 Å². The molecule has 1 aromatic carbocycles. The maximum absolute atomic E-state index is 4.85. The molecular weight excluding hydrogens is 328 g/mol. The summed E-state index contributed by atoms with van der Waals surface area (Å²) >= 11 is 3.53. The number of halogens is 1. The smallest absolute Gasteiger partial charge is 0.150 e. The predicted molar refractivity (Wildman–Crippen MR) is 91.3 cm³/mol. The van der Waals surface area contributed by atoms with Gasteiger partial charge in [0.25, 0.3) is 0 Å². The van der Waals surface area contributed by atoms with Gasteiger partial charge in [0.2, 0.25) is 0 Å². The van der Waals surface area contributed by atoms with E-state index in [1.54, 1.807) is 0 Å². The number of hydrogen-bond donors (Lipinski definition) is 0. The molecule has 1 aliphatic rings. The molecule has 1 aromatic heterocycles. The first kappa shape index (κ1) is 14.7. The Labute approximate surface area is 134 Å². The molecule has 0 saturated carbocycles. The number of alkyl halides is 1. The molecule has 0 radical (unpaired) electrons. The zero-order valence-electron chi connectivity index (χ0n) is 12.4. The van der Waals surface area contributed by atoms with E-state index in [0.717, 1.165) is 54.1 Å². The minimum absolute atomic E-state index is 0.981. The van der Waals surface area contributed by atoms with Crippen LogP contribution in [0.1, 0.15) is 12.1 Å². The molecule has 0 spiro atoms. The minimum Gasteiger partial charge on any atom is -0.354 e. The summed E-state index contributed by atoms with van der Waals surface area (Å²) in [6.07, 6.45) is 1.18. The molecule has 0 bridgehead atoms. The monoisotopic (exact) mass is 348 g/mol. The van der Waals surface area contributed by atoms with E-state index in [1.165, 1.54) is 13.0 Å². The number of anilines is 1. The van der Waals surface area contributed by atoms with Crippen LogP contribution in [0, 0.1) is 6.92 Å². The summed E-state index contributed by atoms with van der Waals surface area (Å²) in [4.78, 5) is 14.5. The molecule has 2 aromatic rings. The van der Waals surface area contributed by atoms with E-state index in [0.29, 0.717) is 0 Å². The van der Waals surface area contributed by atoms with E-state index in [1.807, 2.05) is 24.3 Å². The first-order valence-corrected chi connectivity index (χ1v) is 8.67. The third-order valence-corrected chi connectivity index (χ3v) is 4.36. The molecule has 5 heteroatoms. The topological polar surface area (TPSA) is 32.3 Å². The Bertz CT molecular complexity index is 616. The fourth-order valence-electron chi connectivity index (χ4n) is 2.90. The second kappa shape index (κ2) is 6.71. The van der Waals surface area contributed by atoms with Gasteiger partial charge in [0.05, 0.1) is 16.7 Å². The molecular formula is C16H21BrN4. The van der Waals surface area contributed by atoms with Crippen molar-refractivity contribution in [1.29, 1.82) is 0 Å². The lowest BCUT2D eigenvalue weighted by molar-refractivity contribution is 0.313. The quantitative estimate of drug-likeness (QED) is 0.798. The molecule has 0 amide bonds. The fraction of sp³-hybridized carbons (Fsp3) is 0.500. The zero-order chi connectivity index (χ0) is 14.7. The number of benzene rings is 1. The van der Waals surface area contributed by atoms with E-state index in [4.69, 9.17) is 9.97 Å². The van der Waals surface area contributed by atoms with E-state index in [-0.39, 0.29) is 0 Å². The second-order valence-corrected chi connectivity index (χ2v) is 6.29. The van der Waals surface area contributed by atoms with Crippen molar-refractivity contribution in [3.8, 4) is 0 Å². The van der Waals surface area contributed by atoms with Gasteiger partial charge in [-0.25, -0.2) is 9.97 Å². The lowest BCUT2D eigenvalue weighted by Crippen LogP contribution is -2.32. The maximum Gasteiger partial charge on any atom is 0.150 e. The lowest BCUT2D eigenvalue weighted by Gasteiger charge is -2.23. The summed E-state index contributed by atoms with van der Waals surface area (Å²) in [5.74, 6) is 1.05. The lowest BCUT2D eigenvalue weighted by atomic mass is 10.2. The number of rotatable bonds is 3. The SMILES string of the molecule is Cc1nc2ccccc2nc1N1CCCN(CCBr)CC1. The van der Waals surface area contributed by atoms with Crippen molar-refractivity contribution in [2.75, 3.05) is 43.0 Å². The van der Waals surface area contributed by atoms with Crippen molar-refractivity contribution in [2.24, 2.45) is 0 Å². The molecule has 112 valence electrons. The maximum atomic E-state index is 4.85. The fourth-order valence-corrected chi connectivity index (χ4v) is 3.41. The third kappa shape index (κ3) is 3.35. The van der Waals surface area contributed by atoms with Crippen molar-refractivity contribution < 1.29 is 0 Å². The average Bonchev–Trinajstić information content (AvgIpc) is 2.73. The summed E-state index contributed by atoms with van der Waals surface area (Å²) in [7, 11) is 0. The van der Waals surface area contributed by atoms with Crippen LogP contribution >= 0.6 is 15.9 Å². The van der Waals surface area contributed by atoms with Gasteiger partial charge in [-0.1, -0.05) is 28.1 Å². The third-order valence-electron chi connectivity index (χ3n) is 4.01. The van der Waals surface area contributed by atoms with Gasteiger partial charge in [-0.05, 0) is 32.0 Å². The Morgan fingerprint density at radius 3 is 2.57 bits per heavy atom. The molecule has 1 fully saturated rings. The van der Waals surface area contributed by atoms with E-state index in [9.17, 15) is 0 Å². The molecule has 2 heterocycles. The van der Waals surface area contributed by atoms with Gasteiger partial charge in [0.15, 0.2) is 5.82 Å². The molecule has 4 nitrogen and oxygen atoms in total. The van der Waals surface area contributed by atoms with E-state index in [2.05, 4.69) is 32.7 Å². The number of nitrogens with zero attached hydrogens (tertiary/aromatic N) is 4. The highest BCUT2D eigenvalue weighted by Gasteiger charge is 2.18. The number of para-hydroxylation sites is 2. The molecule has 0 N–H and O–H groups in total. The van der Waals surface area contributed by atoms with Gasteiger partial charge in [-0.15, -0.1) is 0 Å². The van der Waals surface area contributed by atoms with Crippen molar-refractivity contribution in [3.05, 3.63) is 30.0 Å². The molecule has 21 heavy (non-hydrogen) atoms. The van der Waals surface area contributed by atoms with Crippen LogP contribution in [0.5, 0.6) is 0 Å². The van der Waals surface area contributed by atoms with Crippen LogP contribution < -0.4 is 4.90 Å². The molecule has 0 unspecified atom stereocenters. The second-order valence-electron chi connectivity index (χ2n) is 5.49. The summed E-state index contributed by atoms with van der Waals surface area (Å²) in [5.41, 5.74) is 3.00. The number of aromatic nitrogens is 2. The summed E-state index contributed by atoms with van der Waals surface area (Å²) in [5, 5.41) is 1.04. The van der Waals surface area contributed by atoms with Crippen LogP contribution in [0.3, 0.4) is 0 Å². The Morgan fingerprint density at radius 1 is 1.05 bits per heavy atom. The van der Waals surface area contributed by atoms with Crippen molar-refractivity contribution in [3.63, 3.8) is 0 Å². The van der Waals surface area contributed by atoms with Gasteiger partial charge in [0.1, 0.15) is 0 Å². The van der Waals surface area contributed by atoms with Crippen LogP contribution in [-0.4, -0.2) is 52.9 Å². The van der Waals surface area contributed by atoms with Gasteiger partial charge in [-0.2, -0.15) is 0 Å². The van der Waals surface area contributed by atoms with Crippen molar-refractivity contribution in [2.45, 2.75) is 13.3 Å². The Morgan fingerprint density at radius 2 is 1.81 bits per heavy atom. The molecule has 0 aliphatic carbocycles. The van der Waals surface area contributed by atoms with Gasteiger partial charge >= 0.3 is 0 Å². The molecule has 1 aliphatic heterocycles. The van der Waals surface area contributed by atoms with Gasteiger partial charge < -0.3 is 9.80 Å². The first-order valence-electron chi connectivity index (χ1n) is 7.54. The van der Waals surface area contributed by atoms with Crippen LogP contribution in [0.25, 0.3) is 11.0 Å². The molecule has 0 atom stereocenters. The predicted octanol–water partition coefficient (Wildman–Crippen LogP) is 2.85. The normalized spacial score (nSPS) is 17.1. The largest absolute Gasteiger partial charge is 0.354 e. The van der Waals surface area contributed by atoms with Crippen LogP contribution in [0.4, 0.5) is 5.82 Å². The molecule has 3 rings (SSSR count). The van der Waals surface area contributed by atoms with E-state index >= 15 is 0 Å². The average molecular weight is 349 g/mol. The van der Waals surface area contributed by atoms with Crippen LogP contribution in [0.2, 0.25) is 0 Å². The molecule has 1 saturated heterocycles. The standard InChI is InChI=1S/C16H21BrN4/c1-13-16(19-15-6-3-2-5-14(15)18-13)21-9-4-8-20(10-7-17)11-12-21/h2-3,5-6H,4,7-12H2,1H3. The van der Waals surface area contributed by atoms with Crippen LogP contribution in [-0.2, 0) is 0 Å². The highest BCUT2D eigenvalue weighted by molar-refractivity contribution is 9.09. The number of fused-ring (bicyclic) bond motifs is 1. The van der Waals surface area contributed by atoms with Gasteiger partial charge in [-0.3, -0.25) is 0 Å². The van der Waals surface area contributed by atoms with Crippen molar-refractivity contribution in [1.82, 2.24) is 14.9 Å². The van der Waals surface area contributed by atoms with Crippen LogP contribution in [0.15, 0.2) is 24.3 Å². The van der Waals surface area contributed by atoms with Crippen molar-refractivity contribution >= 4 is 32.8 Å². The van der Waals surface area contributed by atoms with Gasteiger partial charge in [0, 0.05) is 31.5 Å². The Kier molecular flexibility index (Phi) is 4.70. The minimum atomic E-state index is 0.981. The summed E-state index contributed by atoms with van der Waals surface area (Å²) < 4.78 is 0. The highest BCUT2D eigenvalue weighted by atomic mass is 79.9. The Balaban J connectivity index is 1.84. The number of hydrogen-bond acceptors (Lipinski definition) is 4. The first-order chi connectivity index (χ1) is 10.3. The summed E-state index contributed by atoms with van der Waals surface area (Å²) in [6, 6.07) is 8.11.